The van der Waals surface area contributed by atoms with Gasteiger partial charge in [-0.2, -0.15) is 0 Å². The number of carbonyl (C=O) groups excluding carboxylic acids is 2. The van der Waals surface area contributed by atoms with E-state index in [9.17, 15) is 14.0 Å². The molecule has 172 valence electrons. The molecular weight excluding hydrogens is 423 g/mol. The van der Waals surface area contributed by atoms with E-state index in [1.54, 1.807) is 60.7 Å². The number of ether oxygens (including phenoxy) is 1. The zero-order valence-corrected chi connectivity index (χ0v) is 18.2. The number of nitrogens with zero attached hydrogens (tertiary/aromatic N) is 1. The Bertz CT molecular complexity index is 1010. The molecule has 2 amide bonds. The lowest BCUT2D eigenvalue weighted by atomic mass is 10.0. The van der Waals surface area contributed by atoms with E-state index in [4.69, 9.17) is 9.84 Å². The molecule has 3 aromatic carbocycles. The third-order valence-electron chi connectivity index (χ3n) is 5.00. The van der Waals surface area contributed by atoms with Gasteiger partial charge in [-0.1, -0.05) is 60.7 Å². The van der Waals surface area contributed by atoms with Crippen LogP contribution in [0.4, 0.5) is 4.39 Å². The van der Waals surface area contributed by atoms with Crippen molar-refractivity contribution in [3.05, 3.63) is 102 Å². The van der Waals surface area contributed by atoms with Gasteiger partial charge in [0.25, 0.3) is 5.91 Å². The predicted octanol–water partition coefficient (Wildman–Crippen LogP) is 3.47. The molecule has 0 radical (unpaired) electrons. The first-order valence-electron chi connectivity index (χ1n) is 10.7. The van der Waals surface area contributed by atoms with Crippen LogP contribution in [0.25, 0.3) is 0 Å². The maximum atomic E-state index is 13.4. The highest BCUT2D eigenvalue weighted by molar-refractivity contribution is 5.89. The number of para-hydroxylation sites is 1. The Kier molecular flexibility index (Phi) is 8.97. The highest BCUT2D eigenvalue weighted by Crippen LogP contribution is 2.24. The third-order valence-corrected chi connectivity index (χ3v) is 5.00. The second-order valence-electron chi connectivity index (χ2n) is 7.43. The number of aliphatic hydroxyl groups excluding tert-OH is 1. The predicted molar refractivity (Wildman–Crippen MR) is 123 cm³/mol. The van der Waals surface area contributed by atoms with Crippen LogP contribution in [0.3, 0.4) is 0 Å². The van der Waals surface area contributed by atoms with Crippen molar-refractivity contribution in [3.63, 3.8) is 0 Å². The van der Waals surface area contributed by atoms with Crippen molar-refractivity contribution in [2.24, 2.45) is 0 Å². The summed E-state index contributed by atoms with van der Waals surface area (Å²) in [6, 6.07) is 22.8. The maximum Gasteiger partial charge on any atom is 0.261 e. The van der Waals surface area contributed by atoms with Crippen LogP contribution >= 0.6 is 0 Å². The molecule has 0 aliphatic carbocycles. The number of aliphatic hydroxyl groups is 1. The minimum absolute atomic E-state index is 0.0561. The first-order valence-corrected chi connectivity index (χ1v) is 10.7. The lowest BCUT2D eigenvalue weighted by molar-refractivity contribution is -0.143. The number of rotatable bonds is 11. The average molecular weight is 451 g/mol. The first-order chi connectivity index (χ1) is 16.1. The molecule has 7 heteroatoms. The summed E-state index contributed by atoms with van der Waals surface area (Å²) in [4.78, 5) is 28.0. The number of hydrogen-bond donors (Lipinski definition) is 2. The van der Waals surface area contributed by atoms with E-state index in [2.05, 4.69) is 5.32 Å². The Morgan fingerprint density at radius 3 is 2.21 bits per heavy atom. The van der Waals surface area contributed by atoms with Crippen molar-refractivity contribution >= 4 is 11.8 Å². The molecule has 6 nitrogen and oxygen atoms in total. The van der Waals surface area contributed by atoms with Gasteiger partial charge in [0.2, 0.25) is 5.91 Å². The smallest absolute Gasteiger partial charge is 0.261 e. The number of amides is 2. The third kappa shape index (κ3) is 7.15. The molecule has 0 unspecified atom stereocenters. The summed E-state index contributed by atoms with van der Waals surface area (Å²) in [5, 5.41) is 11.9. The van der Waals surface area contributed by atoms with Gasteiger partial charge in [0.15, 0.2) is 6.61 Å². The van der Waals surface area contributed by atoms with Crippen molar-refractivity contribution in [1.29, 1.82) is 0 Å². The van der Waals surface area contributed by atoms with Gasteiger partial charge in [0, 0.05) is 19.7 Å². The normalized spacial score (nSPS) is 11.5. The molecule has 0 spiro atoms. The van der Waals surface area contributed by atoms with Crippen molar-refractivity contribution in [2.45, 2.75) is 19.0 Å². The largest absolute Gasteiger partial charge is 0.484 e. The lowest BCUT2D eigenvalue weighted by Crippen LogP contribution is -2.45. The minimum Gasteiger partial charge on any atom is -0.484 e. The molecule has 0 aliphatic rings. The average Bonchev–Trinajstić information content (AvgIpc) is 2.85. The number of carbonyl (C=O) groups is 2. The van der Waals surface area contributed by atoms with E-state index in [1.165, 1.54) is 17.0 Å². The second kappa shape index (κ2) is 12.4. The molecule has 2 N–H and O–H groups in total. The van der Waals surface area contributed by atoms with Gasteiger partial charge >= 0.3 is 0 Å². The maximum absolute atomic E-state index is 13.4. The fourth-order valence-electron chi connectivity index (χ4n) is 3.35. The fourth-order valence-corrected chi connectivity index (χ4v) is 3.35. The van der Waals surface area contributed by atoms with Gasteiger partial charge in [-0.15, -0.1) is 0 Å². The summed E-state index contributed by atoms with van der Waals surface area (Å²) in [7, 11) is 0. The summed E-state index contributed by atoms with van der Waals surface area (Å²) in [5.74, 6) is -0.610. The molecule has 33 heavy (non-hydrogen) atoms. The molecule has 3 rings (SSSR count). The molecule has 0 fully saturated rings. The Balaban J connectivity index is 1.90. The summed E-state index contributed by atoms with van der Waals surface area (Å²) in [6.07, 6.45) is 0.399. The lowest BCUT2D eigenvalue weighted by Gasteiger charge is -2.31. The Labute approximate surface area is 192 Å². The highest BCUT2D eigenvalue weighted by Gasteiger charge is 2.31. The van der Waals surface area contributed by atoms with Crippen LogP contribution in [0, 0.1) is 5.82 Å². The van der Waals surface area contributed by atoms with E-state index in [0.29, 0.717) is 23.3 Å². The SMILES string of the molecule is O=C(NCCCO)[C@@H](c1ccccc1)N(Cc1ccc(F)cc1)C(=O)COc1ccccc1. The number of halogens is 1. The van der Waals surface area contributed by atoms with Crippen molar-refractivity contribution in [3.8, 4) is 5.75 Å². The van der Waals surface area contributed by atoms with Crippen LogP contribution in [0.15, 0.2) is 84.9 Å². The molecule has 0 heterocycles. The topological polar surface area (TPSA) is 78.9 Å². The zero-order chi connectivity index (χ0) is 23.5. The zero-order valence-electron chi connectivity index (χ0n) is 18.2. The summed E-state index contributed by atoms with van der Waals surface area (Å²) >= 11 is 0. The Hall–Kier alpha value is -3.71. The quantitative estimate of drug-likeness (QED) is 0.439. The molecule has 0 aromatic heterocycles. The van der Waals surface area contributed by atoms with Gasteiger partial charge in [-0.05, 0) is 41.8 Å². The summed E-state index contributed by atoms with van der Waals surface area (Å²) in [6.45, 7) is 0.0416. The van der Waals surface area contributed by atoms with Gasteiger partial charge < -0.3 is 20.1 Å². The molecule has 0 saturated heterocycles. The van der Waals surface area contributed by atoms with Gasteiger partial charge in [-0.25, -0.2) is 4.39 Å². The molecule has 1 atom stereocenters. The summed E-state index contributed by atoms with van der Waals surface area (Å²) < 4.78 is 19.1. The van der Waals surface area contributed by atoms with E-state index in [-0.39, 0.29) is 38.0 Å². The monoisotopic (exact) mass is 450 g/mol. The fraction of sp³-hybridized carbons (Fsp3) is 0.231. The van der Waals surface area contributed by atoms with Crippen LogP contribution in [-0.2, 0) is 16.1 Å². The first kappa shape index (κ1) is 23.9. The van der Waals surface area contributed by atoms with Gasteiger partial charge in [0.1, 0.15) is 17.6 Å². The van der Waals surface area contributed by atoms with E-state index >= 15 is 0 Å². The Morgan fingerprint density at radius 1 is 0.939 bits per heavy atom. The minimum atomic E-state index is -0.929. The molecule has 0 aliphatic heterocycles. The number of benzene rings is 3. The number of nitrogens with one attached hydrogen (secondary N) is 1. The van der Waals surface area contributed by atoms with Crippen LogP contribution in [0.2, 0.25) is 0 Å². The standard InChI is InChI=1S/C26H27FN2O4/c27-22-14-12-20(13-15-22)18-29(24(31)19-33-23-10-5-2-6-11-23)25(21-8-3-1-4-9-21)26(32)28-16-7-17-30/h1-6,8-15,25,30H,7,16-19H2,(H,28,32)/t25-/m1/s1. The van der Waals surface area contributed by atoms with Crippen LogP contribution in [0.1, 0.15) is 23.6 Å². The molecular formula is C26H27FN2O4. The van der Waals surface area contributed by atoms with Crippen LogP contribution in [0.5, 0.6) is 5.75 Å². The van der Waals surface area contributed by atoms with Crippen LogP contribution in [-0.4, -0.2) is 41.6 Å². The van der Waals surface area contributed by atoms with E-state index in [1.807, 2.05) is 12.1 Å². The second-order valence-corrected chi connectivity index (χ2v) is 7.43. The van der Waals surface area contributed by atoms with Crippen molar-refractivity contribution in [1.82, 2.24) is 10.2 Å². The van der Waals surface area contributed by atoms with Crippen molar-refractivity contribution < 1.29 is 23.8 Å². The van der Waals surface area contributed by atoms with Crippen molar-refractivity contribution in [2.75, 3.05) is 19.8 Å². The van der Waals surface area contributed by atoms with E-state index in [0.717, 1.165) is 0 Å². The molecule has 0 saturated carbocycles. The molecule has 0 bridgehead atoms. The van der Waals surface area contributed by atoms with E-state index < -0.39 is 11.9 Å². The molecule has 3 aromatic rings. The summed E-state index contributed by atoms with van der Waals surface area (Å²) in [5.41, 5.74) is 1.31. The Morgan fingerprint density at radius 2 is 1.58 bits per heavy atom. The van der Waals surface area contributed by atoms with Gasteiger partial charge in [-0.3, -0.25) is 9.59 Å². The van der Waals surface area contributed by atoms with Gasteiger partial charge in [0.05, 0.1) is 0 Å². The highest BCUT2D eigenvalue weighted by atomic mass is 19.1. The number of hydrogen-bond acceptors (Lipinski definition) is 4. The van der Waals surface area contributed by atoms with Crippen LogP contribution < -0.4 is 10.1 Å².